The van der Waals surface area contributed by atoms with Crippen LogP contribution >= 0.6 is 0 Å². The molecule has 0 radical (unpaired) electrons. The summed E-state index contributed by atoms with van der Waals surface area (Å²) in [6, 6.07) is 1.89. The maximum atomic E-state index is 13.1. The molecule has 0 fully saturated rings. The summed E-state index contributed by atoms with van der Waals surface area (Å²) in [6.07, 6.45) is 1.59. The van der Waals surface area contributed by atoms with Crippen LogP contribution in [-0.4, -0.2) is 12.0 Å². The first-order chi connectivity index (χ1) is 7.04. The molecule has 1 aromatic rings. The van der Waals surface area contributed by atoms with Crippen LogP contribution in [0.3, 0.4) is 0 Å². The Balaban J connectivity index is 3.09. The van der Waals surface area contributed by atoms with E-state index in [4.69, 9.17) is 0 Å². The summed E-state index contributed by atoms with van der Waals surface area (Å²) in [5.41, 5.74) is 0.0579. The molecular weight excluding hydrogens is 208 g/mol. The number of benzene rings is 1. The molecule has 80 valence electrons. The predicted octanol–water partition coefficient (Wildman–Crippen LogP) is 2.22. The van der Waals surface area contributed by atoms with Crippen LogP contribution in [0.2, 0.25) is 0 Å². The average molecular weight is 215 g/mol. The van der Waals surface area contributed by atoms with Crippen LogP contribution in [0, 0.1) is 21.7 Å². The van der Waals surface area contributed by atoms with Crippen molar-refractivity contribution in [3.63, 3.8) is 0 Å². The maximum absolute atomic E-state index is 13.1. The second kappa shape index (κ2) is 4.50. The minimum atomic E-state index is -0.902. The van der Waals surface area contributed by atoms with Crippen molar-refractivity contribution in [1.82, 2.24) is 0 Å². The fourth-order valence-electron chi connectivity index (χ4n) is 1.02. The van der Waals surface area contributed by atoms with Gasteiger partial charge < -0.3 is 4.74 Å². The van der Waals surface area contributed by atoms with Crippen LogP contribution in [0.4, 0.5) is 8.78 Å². The molecule has 0 unspecified atom stereocenters. The maximum Gasteiger partial charge on any atom is 0.235 e. The van der Waals surface area contributed by atoms with E-state index >= 15 is 0 Å². The molecule has 0 aliphatic heterocycles. The predicted molar refractivity (Wildman–Crippen MR) is 48.9 cm³/mol. The first-order valence-corrected chi connectivity index (χ1v) is 3.89. The number of ether oxygens (including phenoxy) is 1. The van der Waals surface area contributed by atoms with Gasteiger partial charge in [0.25, 0.3) is 0 Å². The normalized spacial score (nSPS) is 10.6. The number of hydrogen-bond donors (Lipinski definition) is 0. The SMILES string of the molecule is COc1c(F)cc(/C=C/[N+](=O)[O-])cc1F. The van der Waals surface area contributed by atoms with E-state index in [1.54, 1.807) is 0 Å². The number of methoxy groups -OCH3 is 1. The largest absolute Gasteiger partial charge is 0.491 e. The van der Waals surface area contributed by atoms with Crippen molar-refractivity contribution in [2.24, 2.45) is 0 Å². The van der Waals surface area contributed by atoms with Crippen molar-refractivity contribution in [2.45, 2.75) is 0 Å². The minimum Gasteiger partial charge on any atom is -0.491 e. The molecule has 0 aliphatic carbocycles. The van der Waals surface area contributed by atoms with Gasteiger partial charge in [-0.1, -0.05) is 0 Å². The Morgan fingerprint density at radius 2 is 1.93 bits per heavy atom. The third kappa shape index (κ3) is 2.73. The zero-order valence-corrected chi connectivity index (χ0v) is 7.74. The molecular formula is C9H7F2NO3. The van der Waals surface area contributed by atoms with E-state index in [2.05, 4.69) is 4.74 Å². The summed E-state index contributed by atoms with van der Waals surface area (Å²) >= 11 is 0. The lowest BCUT2D eigenvalue weighted by Crippen LogP contribution is -1.93. The molecule has 1 aromatic carbocycles. The van der Waals surface area contributed by atoms with Crippen LogP contribution in [-0.2, 0) is 0 Å². The van der Waals surface area contributed by atoms with Gasteiger partial charge >= 0.3 is 0 Å². The number of halogens is 2. The molecule has 0 atom stereocenters. The van der Waals surface area contributed by atoms with Crippen molar-refractivity contribution >= 4 is 6.08 Å². The van der Waals surface area contributed by atoms with Crippen molar-refractivity contribution in [3.05, 3.63) is 45.6 Å². The lowest BCUT2D eigenvalue weighted by molar-refractivity contribution is -0.400. The van der Waals surface area contributed by atoms with Crippen molar-refractivity contribution in [2.75, 3.05) is 7.11 Å². The monoisotopic (exact) mass is 215 g/mol. The molecule has 0 saturated heterocycles. The Morgan fingerprint density at radius 3 is 2.33 bits per heavy atom. The molecule has 0 saturated carbocycles. The Hall–Kier alpha value is -1.98. The molecule has 1 rings (SSSR count). The fraction of sp³-hybridized carbons (Fsp3) is 0.111. The summed E-state index contributed by atoms with van der Waals surface area (Å²) in [6.45, 7) is 0. The summed E-state index contributed by atoms with van der Waals surface area (Å²) in [5.74, 6) is -2.31. The zero-order chi connectivity index (χ0) is 11.4. The van der Waals surface area contributed by atoms with E-state index < -0.39 is 22.3 Å². The second-order valence-electron chi connectivity index (χ2n) is 2.62. The van der Waals surface area contributed by atoms with Gasteiger partial charge in [-0.3, -0.25) is 10.1 Å². The lowest BCUT2D eigenvalue weighted by atomic mass is 10.2. The van der Waals surface area contributed by atoms with E-state index in [0.717, 1.165) is 25.3 Å². The van der Waals surface area contributed by atoms with Crippen LogP contribution in [0.1, 0.15) is 5.56 Å². The highest BCUT2D eigenvalue weighted by Gasteiger charge is 2.10. The first kappa shape index (κ1) is 11.1. The number of rotatable bonds is 3. The van der Waals surface area contributed by atoms with Crippen LogP contribution < -0.4 is 4.74 Å². The molecule has 6 heteroatoms. The molecule has 0 aromatic heterocycles. The highest BCUT2D eigenvalue weighted by atomic mass is 19.1. The topological polar surface area (TPSA) is 52.4 Å². The van der Waals surface area contributed by atoms with Gasteiger partial charge in [0.1, 0.15) is 0 Å². The van der Waals surface area contributed by atoms with E-state index in [1.807, 2.05) is 0 Å². The average Bonchev–Trinajstić information content (AvgIpc) is 2.14. The number of nitrogens with zero attached hydrogens (tertiary/aromatic N) is 1. The van der Waals surface area contributed by atoms with Crippen LogP contribution in [0.15, 0.2) is 18.3 Å². The van der Waals surface area contributed by atoms with E-state index in [-0.39, 0.29) is 5.56 Å². The quantitative estimate of drug-likeness (QED) is 0.573. The third-order valence-electron chi connectivity index (χ3n) is 1.61. The summed E-state index contributed by atoms with van der Waals surface area (Å²) in [5, 5.41) is 9.97. The van der Waals surface area contributed by atoms with E-state index in [9.17, 15) is 18.9 Å². The Labute approximate surface area is 83.9 Å². The fourth-order valence-corrected chi connectivity index (χ4v) is 1.02. The van der Waals surface area contributed by atoms with Gasteiger partial charge in [-0.05, 0) is 17.7 Å². The highest BCUT2D eigenvalue weighted by molar-refractivity contribution is 5.50. The zero-order valence-electron chi connectivity index (χ0n) is 7.74. The molecule has 4 nitrogen and oxygen atoms in total. The number of hydrogen-bond acceptors (Lipinski definition) is 3. The highest BCUT2D eigenvalue weighted by Crippen LogP contribution is 2.23. The minimum absolute atomic E-state index is 0.0579. The van der Waals surface area contributed by atoms with Gasteiger partial charge in [-0.2, -0.15) is 0 Å². The third-order valence-corrected chi connectivity index (χ3v) is 1.61. The summed E-state index contributed by atoms with van der Waals surface area (Å²) < 4.78 is 30.6. The molecule has 15 heavy (non-hydrogen) atoms. The van der Waals surface area contributed by atoms with Gasteiger partial charge in [0.2, 0.25) is 6.20 Å². The first-order valence-electron chi connectivity index (χ1n) is 3.89. The van der Waals surface area contributed by atoms with Crippen molar-refractivity contribution in [3.8, 4) is 5.75 Å². The lowest BCUT2D eigenvalue weighted by Gasteiger charge is -2.03. The Kier molecular flexibility index (Phi) is 3.33. The molecule has 0 aliphatic rings. The Morgan fingerprint density at radius 1 is 1.40 bits per heavy atom. The van der Waals surface area contributed by atoms with Gasteiger partial charge in [0, 0.05) is 6.08 Å². The van der Waals surface area contributed by atoms with Crippen molar-refractivity contribution in [1.29, 1.82) is 0 Å². The molecule has 0 heterocycles. The van der Waals surface area contributed by atoms with Crippen LogP contribution in [0.25, 0.3) is 6.08 Å². The van der Waals surface area contributed by atoms with Gasteiger partial charge in [-0.25, -0.2) is 8.78 Å². The van der Waals surface area contributed by atoms with Gasteiger partial charge in [-0.15, -0.1) is 0 Å². The van der Waals surface area contributed by atoms with Gasteiger partial charge in [0.15, 0.2) is 17.4 Å². The Bertz CT molecular complexity index is 395. The summed E-state index contributed by atoms with van der Waals surface area (Å²) in [4.78, 5) is 9.25. The standard InChI is InChI=1S/C9H7F2NO3/c1-15-9-7(10)4-6(5-8(9)11)2-3-12(13)14/h2-5H,1H3/b3-2+. The van der Waals surface area contributed by atoms with Crippen molar-refractivity contribution < 1.29 is 18.4 Å². The summed E-state index contributed by atoms with van der Waals surface area (Å²) in [7, 11) is 1.13. The molecule has 0 amide bonds. The van der Waals surface area contributed by atoms with Gasteiger partial charge in [0.05, 0.1) is 12.0 Å². The van der Waals surface area contributed by atoms with E-state index in [0.29, 0.717) is 6.20 Å². The van der Waals surface area contributed by atoms with E-state index in [1.165, 1.54) is 0 Å². The number of nitro groups is 1. The molecule has 0 bridgehead atoms. The second-order valence-corrected chi connectivity index (χ2v) is 2.62. The van der Waals surface area contributed by atoms with Crippen LogP contribution in [0.5, 0.6) is 5.75 Å². The molecule has 0 spiro atoms. The smallest absolute Gasteiger partial charge is 0.235 e. The molecule has 0 N–H and O–H groups in total.